The summed E-state index contributed by atoms with van der Waals surface area (Å²) in [6, 6.07) is 6.68. The van der Waals surface area contributed by atoms with Crippen LogP contribution < -0.4 is 0 Å². The molecular weight excluding hydrogens is 236 g/mol. The second-order valence-corrected chi connectivity index (χ2v) is 5.79. The molecule has 0 radical (unpaired) electrons. The topological polar surface area (TPSA) is 0 Å². The summed E-state index contributed by atoms with van der Waals surface area (Å²) in [4.78, 5) is 0. The summed E-state index contributed by atoms with van der Waals surface area (Å²) in [7, 11) is 0. The maximum atomic E-state index is 3.68. The van der Waals surface area contributed by atoms with Gasteiger partial charge in [0.25, 0.3) is 0 Å². The zero-order valence-electron chi connectivity index (χ0n) is 8.35. The van der Waals surface area contributed by atoms with Crippen LogP contribution in [0.3, 0.4) is 0 Å². The Morgan fingerprint density at radius 2 is 1.86 bits per heavy atom. The highest BCUT2D eigenvalue weighted by molar-refractivity contribution is 9.10. The first kappa shape index (κ1) is 8.96. The van der Waals surface area contributed by atoms with Gasteiger partial charge in [-0.25, -0.2) is 0 Å². The van der Waals surface area contributed by atoms with Crippen LogP contribution >= 0.6 is 15.9 Å². The quantitative estimate of drug-likeness (QED) is 0.651. The summed E-state index contributed by atoms with van der Waals surface area (Å²) < 4.78 is 1.33. The highest BCUT2D eigenvalue weighted by atomic mass is 79.9. The lowest BCUT2D eigenvalue weighted by Crippen LogP contribution is -2.15. The van der Waals surface area contributed by atoms with Gasteiger partial charge in [-0.05, 0) is 48.3 Å². The van der Waals surface area contributed by atoms with Crippen molar-refractivity contribution in [3.63, 3.8) is 0 Å². The first-order chi connectivity index (χ1) is 6.79. The average molecular weight is 251 g/mol. The first-order valence-corrected chi connectivity index (χ1v) is 6.35. The van der Waals surface area contributed by atoms with Crippen molar-refractivity contribution in [2.45, 2.75) is 38.5 Å². The van der Waals surface area contributed by atoms with Gasteiger partial charge in [0.05, 0.1) is 0 Å². The fraction of sp³-hybridized carbons (Fsp3) is 0.538. The molecule has 1 spiro atoms. The van der Waals surface area contributed by atoms with Gasteiger partial charge >= 0.3 is 0 Å². The monoisotopic (exact) mass is 250 g/mol. The summed E-state index contributed by atoms with van der Waals surface area (Å²) in [5, 5.41) is 0. The number of fused-ring (bicyclic) bond motifs is 1. The molecule has 2 aliphatic rings. The third-order valence-corrected chi connectivity index (χ3v) is 4.74. The Balaban J connectivity index is 2.00. The Morgan fingerprint density at radius 1 is 1.07 bits per heavy atom. The van der Waals surface area contributed by atoms with Crippen molar-refractivity contribution in [3.8, 4) is 0 Å². The van der Waals surface area contributed by atoms with Gasteiger partial charge in [0.1, 0.15) is 0 Å². The SMILES string of the molecule is Brc1cccc2c1CC1(CCCC1)C2. The van der Waals surface area contributed by atoms with Crippen LogP contribution in [-0.2, 0) is 12.8 Å². The molecule has 1 saturated carbocycles. The van der Waals surface area contributed by atoms with Crippen LogP contribution in [-0.4, -0.2) is 0 Å². The fourth-order valence-electron chi connectivity index (χ4n) is 3.29. The van der Waals surface area contributed by atoms with Gasteiger partial charge in [-0.15, -0.1) is 0 Å². The Labute approximate surface area is 93.8 Å². The summed E-state index contributed by atoms with van der Waals surface area (Å²) in [5.41, 5.74) is 3.85. The minimum absolute atomic E-state index is 0.659. The van der Waals surface area contributed by atoms with Crippen molar-refractivity contribution in [3.05, 3.63) is 33.8 Å². The molecule has 2 aliphatic carbocycles. The lowest BCUT2D eigenvalue weighted by Gasteiger charge is -2.21. The molecule has 0 aliphatic heterocycles. The average Bonchev–Trinajstić information content (AvgIpc) is 2.75. The van der Waals surface area contributed by atoms with E-state index in [-0.39, 0.29) is 0 Å². The molecule has 0 bridgehead atoms. The second-order valence-electron chi connectivity index (χ2n) is 4.94. The van der Waals surface area contributed by atoms with Crippen molar-refractivity contribution in [2.24, 2.45) is 5.41 Å². The molecule has 0 saturated heterocycles. The van der Waals surface area contributed by atoms with Crippen molar-refractivity contribution in [2.75, 3.05) is 0 Å². The van der Waals surface area contributed by atoms with E-state index in [4.69, 9.17) is 0 Å². The van der Waals surface area contributed by atoms with Crippen LogP contribution in [0.5, 0.6) is 0 Å². The lowest BCUT2D eigenvalue weighted by molar-refractivity contribution is 0.317. The molecule has 14 heavy (non-hydrogen) atoms. The van der Waals surface area contributed by atoms with E-state index in [1.165, 1.54) is 43.0 Å². The van der Waals surface area contributed by atoms with Crippen LogP contribution in [0.25, 0.3) is 0 Å². The van der Waals surface area contributed by atoms with Crippen LogP contribution in [0.1, 0.15) is 36.8 Å². The lowest BCUT2D eigenvalue weighted by atomic mass is 9.83. The maximum Gasteiger partial charge on any atom is 0.0210 e. The van der Waals surface area contributed by atoms with Crippen LogP contribution in [0.15, 0.2) is 22.7 Å². The van der Waals surface area contributed by atoms with Gasteiger partial charge in [-0.3, -0.25) is 0 Å². The third kappa shape index (κ3) is 1.25. The van der Waals surface area contributed by atoms with Gasteiger partial charge in [0, 0.05) is 4.47 Å². The molecule has 0 N–H and O–H groups in total. The van der Waals surface area contributed by atoms with Gasteiger partial charge in [0.15, 0.2) is 0 Å². The number of halogens is 1. The second kappa shape index (κ2) is 3.10. The molecule has 0 aromatic heterocycles. The summed E-state index contributed by atoms with van der Waals surface area (Å²) in [5.74, 6) is 0. The smallest absolute Gasteiger partial charge is 0.0210 e. The molecule has 0 nitrogen and oxygen atoms in total. The van der Waals surface area contributed by atoms with E-state index < -0.39 is 0 Å². The largest absolute Gasteiger partial charge is 0.0609 e. The Hall–Kier alpha value is -0.300. The van der Waals surface area contributed by atoms with Gasteiger partial charge in [0.2, 0.25) is 0 Å². The standard InChI is InChI=1S/C13H15Br/c14-12-5-3-4-10-8-13(9-11(10)12)6-1-2-7-13/h3-5H,1-2,6-9H2. The van der Waals surface area contributed by atoms with Gasteiger partial charge in [-0.2, -0.15) is 0 Å². The third-order valence-electron chi connectivity index (χ3n) is 4.00. The highest BCUT2D eigenvalue weighted by Crippen LogP contribution is 2.49. The molecule has 1 aromatic carbocycles. The number of hydrogen-bond donors (Lipinski definition) is 0. The van der Waals surface area contributed by atoms with Crippen molar-refractivity contribution < 1.29 is 0 Å². The van der Waals surface area contributed by atoms with E-state index in [9.17, 15) is 0 Å². The van der Waals surface area contributed by atoms with Crippen LogP contribution in [0.2, 0.25) is 0 Å². The maximum absolute atomic E-state index is 3.68. The minimum Gasteiger partial charge on any atom is -0.0609 e. The minimum atomic E-state index is 0.659. The molecule has 3 rings (SSSR count). The summed E-state index contributed by atoms with van der Waals surface area (Å²) >= 11 is 3.68. The molecule has 1 heteroatoms. The number of benzene rings is 1. The fourth-order valence-corrected chi connectivity index (χ4v) is 3.83. The molecule has 74 valence electrons. The number of rotatable bonds is 0. The van der Waals surface area contributed by atoms with Gasteiger partial charge < -0.3 is 0 Å². The predicted octanol–water partition coefficient (Wildman–Crippen LogP) is 4.11. The van der Waals surface area contributed by atoms with E-state index >= 15 is 0 Å². The Bertz CT molecular complexity index is 361. The van der Waals surface area contributed by atoms with E-state index in [1.54, 1.807) is 11.1 Å². The Kier molecular flexibility index (Phi) is 1.98. The molecule has 0 unspecified atom stereocenters. The van der Waals surface area contributed by atoms with E-state index in [1.807, 2.05) is 0 Å². The van der Waals surface area contributed by atoms with E-state index in [0.717, 1.165) is 0 Å². The zero-order chi connectivity index (χ0) is 9.60. The molecule has 0 amide bonds. The van der Waals surface area contributed by atoms with E-state index in [2.05, 4.69) is 34.1 Å². The van der Waals surface area contributed by atoms with Crippen molar-refractivity contribution in [1.29, 1.82) is 0 Å². The molecule has 1 fully saturated rings. The highest BCUT2D eigenvalue weighted by Gasteiger charge is 2.39. The zero-order valence-corrected chi connectivity index (χ0v) is 9.94. The van der Waals surface area contributed by atoms with E-state index in [0.29, 0.717) is 5.41 Å². The first-order valence-electron chi connectivity index (χ1n) is 5.55. The van der Waals surface area contributed by atoms with Gasteiger partial charge in [-0.1, -0.05) is 40.9 Å². The normalized spacial score (nSPS) is 22.9. The summed E-state index contributed by atoms with van der Waals surface area (Å²) in [6.07, 6.45) is 8.46. The van der Waals surface area contributed by atoms with Crippen molar-refractivity contribution >= 4 is 15.9 Å². The number of hydrogen-bond acceptors (Lipinski definition) is 0. The van der Waals surface area contributed by atoms with Crippen LogP contribution in [0.4, 0.5) is 0 Å². The summed E-state index contributed by atoms with van der Waals surface area (Å²) in [6.45, 7) is 0. The molecular formula is C13H15Br. The molecule has 0 atom stereocenters. The predicted molar refractivity (Wildman–Crippen MR) is 62.5 cm³/mol. The van der Waals surface area contributed by atoms with Crippen LogP contribution in [0, 0.1) is 5.41 Å². The molecule has 0 heterocycles. The van der Waals surface area contributed by atoms with Crippen molar-refractivity contribution in [1.82, 2.24) is 0 Å². The Morgan fingerprint density at radius 3 is 2.57 bits per heavy atom. The molecule has 1 aromatic rings.